The summed E-state index contributed by atoms with van der Waals surface area (Å²) in [6.45, 7) is 6.14. The van der Waals surface area contributed by atoms with E-state index in [1.807, 2.05) is 27.8 Å². The fourth-order valence-corrected chi connectivity index (χ4v) is 2.21. The molecule has 12 heavy (non-hydrogen) atoms. The summed E-state index contributed by atoms with van der Waals surface area (Å²) in [7, 11) is 1.88. The van der Waals surface area contributed by atoms with E-state index in [9.17, 15) is 4.21 Å². The van der Waals surface area contributed by atoms with Crippen molar-refractivity contribution in [1.29, 1.82) is 0 Å². The fraction of sp³-hybridized carbons (Fsp3) is 1.00. The Balaban J connectivity index is 4.23. The minimum absolute atomic E-state index is 0.0624. The van der Waals surface area contributed by atoms with Crippen molar-refractivity contribution in [2.45, 2.75) is 32.7 Å². The molecular weight excluding hydrogens is 174 g/mol. The van der Waals surface area contributed by atoms with Gasteiger partial charge in [0.15, 0.2) is 11.1 Å². The molecular formula is C8H19NO2S. The molecule has 0 aliphatic carbocycles. The molecule has 0 heterocycles. The van der Waals surface area contributed by atoms with Crippen LogP contribution in [0.3, 0.4) is 0 Å². The van der Waals surface area contributed by atoms with Crippen LogP contribution in [0.2, 0.25) is 0 Å². The van der Waals surface area contributed by atoms with Crippen LogP contribution in [0.5, 0.6) is 0 Å². The van der Waals surface area contributed by atoms with Crippen LogP contribution in [-0.4, -0.2) is 27.1 Å². The van der Waals surface area contributed by atoms with Gasteiger partial charge in [0.05, 0.1) is 5.75 Å². The summed E-state index contributed by atoms with van der Waals surface area (Å²) in [6, 6.07) is 0. The Morgan fingerprint density at radius 3 is 2.33 bits per heavy atom. The van der Waals surface area contributed by atoms with Gasteiger partial charge in [-0.15, -0.1) is 0 Å². The summed E-state index contributed by atoms with van der Waals surface area (Å²) in [5, 5.41) is 3.15. The van der Waals surface area contributed by atoms with E-state index in [1.165, 1.54) is 0 Å². The maximum Gasteiger partial charge on any atom is 0.153 e. The second-order valence-electron chi connectivity index (χ2n) is 3.57. The molecule has 0 spiro atoms. The molecule has 0 amide bonds. The molecule has 0 aromatic heterocycles. The van der Waals surface area contributed by atoms with Gasteiger partial charge in [-0.1, -0.05) is 13.3 Å². The zero-order valence-electron chi connectivity index (χ0n) is 8.26. The highest BCUT2D eigenvalue weighted by molar-refractivity contribution is 7.79. The SMILES string of the molecule is CCC(CS(=O)O)C(C)(C)NC. The lowest BCUT2D eigenvalue weighted by Crippen LogP contribution is -2.45. The van der Waals surface area contributed by atoms with Gasteiger partial charge in [-0.3, -0.25) is 0 Å². The predicted molar refractivity (Wildman–Crippen MR) is 52.6 cm³/mol. The number of hydrogen-bond donors (Lipinski definition) is 2. The Bertz CT molecular complexity index is 159. The Kier molecular flexibility index (Phi) is 4.97. The molecule has 0 bridgehead atoms. The van der Waals surface area contributed by atoms with Gasteiger partial charge in [-0.2, -0.15) is 0 Å². The van der Waals surface area contributed by atoms with Crippen molar-refractivity contribution in [3.05, 3.63) is 0 Å². The van der Waals surface area contributed by atoms with Crippen molar-refractivity contribution in [3.8, 4) is 0 Å². The molecule has 0 saturated carbocycles. The molecule has 0 saturated heterocycles. The van der Waals surface area contributed by atoms with Crippen molar-refractivity contribution < 1.29 is 8.76 Å². The smallest absolute Gasteiger partial charge is 0.153 e. The van der Waals surface area contributed by atoms with Crippen LogP contribution in [0.1, 0.15) is 27.2 Å². The third-order valence-electron chi connectivity index (χ3n) is 2.50. The van der Waals surface area contributed by atoms with Gasteiger partial charge in [0, 0.05) is 5.54 Å². The standard InChI is InChI=1S/C8H19NO2S/c1-5-7(6-12(10)11)8(2,3)9-4/h7,9H,5-6H2,1-4H3,(H,10,11). The van der Waals surface area contributed by atoms with Crippen molar-refractivity contribution in [3.63, 3.8) is 0 Å². The number of hydrogen-bond acceptors (Lipinski definition) is 2. The second kappa shape index (κ2) is 4.94. The molecule has 0 fully saturated rings. The number of rotatable bonds is 5. The Hall–Kier alpha value is 0.0700. The summed E-state index contributed by atoms with van der Waals surface area (Å²) in [6.07, 6.45) is 0.917. The van der Waals surface area contributed by atoms with E-state index in [0.29, 0.717) is 5.75 Å². The molecule has 0 aliphatic rings. The lowest BCUT2D eigenvalue weighted by atomic mass is 9.87. The van der Waals surface area contributed by atoms with Crippen LogP contribution >= 0.6 is 0 Å². The van der Waals surface area contributed by atoms with E-state index in [0.717, 1.165) is 6.42 Å². The quantitative estimate of drug-likeness (QED) is 0.646. The first-order chi connectivity index (χ1) is 5.44. The first kappa shape index (κ1) is 12.1. The van der Waals surface area contributed by atoms with E-state index in [-0.39, 0.29) is 11.5 Å². The van der Waals surface area contributed by atoms with Crippen molar-refractivity contribution >= 4 is 11.1 Å². The normalized spacial score (nSPS) is 17.4. The van der Waals surface area contributed by atoms with Gasteiger partial charge in [-0.05, 0) is 26.8 Å². The molecule has 0 aliphatic heterocycles. The minimum Gasteiger partial charge on any atom is -0.315 e. The average molecular weight is 193 g/mol. The highest BCUT2D eigenvalue weighted by Crippen LogP contribution is 2.20. The molecule has 2 unspecified atom stereocenters. The van der Waals surface area contributed by atoms with Crippen molar-refractivity contribution in [1.82, 2.24) is 5.32 Å². The molecule has 2 atom stereocenters. The monoisotopic (exact) mass is 193 g/mol. The van der Waals surface area contributed by atoms with Gasteiger partial charge >= 0.3 is 0 Å². The fourth-order valence-electron chi connectivity index (χ4n) is 1.21. The summed E-state index contributed by atoms with van der Waals surface area (Å²) in [5.41, 5.74) is -0.0624. The first-order valence-electron chi connectivity index (χ1n) is 4.20. The summed E-state index contributed by atoms with van der Waals surface area (Å²) < 4.78 is 19.4. The Morgan fingerprint density at radius 2 is 2.08 bits per heavy atom. The van der Waals surface area contributed by atoms with Crippen LogP contribution in [0.25, 0.3) is 0 Å². The van der Waals surface area contributed by atoms with Crippen molar-refractivity contribution in [2.75, 3.05) is 12.8 Å². The zero-order chi connectivity index (χ0) is 9.78. The van der Waals surface area contributed by atoms with E-state index in [1.54, 1.807) is 0 Å². The van der Waals surface area contributed by atoms with Gasteiger partial charge in [0.2, 0.25) is 0 Å². The molecule has 3 nitrogen and oxygen atoms in total. The van der Waals surface area contributed by atoms with Crippen LogP contribution in [-0.2, 0) is 11.1 Å². The third-order valence-corrected chi connectivity index (χ3v) is 3.19. The highest BCUT2D eigenvalue weighted by atomic mass is 32.2. The zero-order valence-corrected chi connectivity index (χ0v) is 9.07. The van der Waals surface area contributed by atoms with Gasteiger partial charge < -0.3 is 9.87 Å². The van der Waals surface area contributed by atoms with E-state index >= 15 is 0 Å². The lowest BCUT2D eigenvalue weighted by molar-refractivity contribution is 0.282. The largest absolute Gasteiger partial charge is 0.315 e. The Morgan fingerprint density at radius 1 is 1.58 bits per heavy atom. The highest BCUT2D eigenvalue weighted by Gasteiger charge is 2.27. The summed E-state index contributed by atoms with van der Waals surface area (Å²) in [5.74, 6) is 0.595. The van der Waals surface area contributed by atoms with Gasteiger partial charge in [0.1, 0.15) is 0 Å². The first-order valence-corrected chi connectivity index (χ1v) is 5.48. The van der Waals surface area contributed by atoms with E-state index in [2.05, 4.69) is 5.32 Å². The summed E-state index contributed by atoms with van der Waals surface area (Å²) in [4.78, 5) is 0. The van der Waals surface area contributed by atoms with Crippen LogP contribution in [0.4, 0.5) is 0 Å². The van der Waals surface area contributed by atoms with Crippen LogP contribution < -0.4 is 5.32 Å². The predicted octanol–water partition coefficient (Wildman–Crippen LogP) is 1.23. The molecule has 4 heteroatoms. The minimum atomic E-state index is -1.68. The lowest BCUT2D eigenvalue weighted by Gasteiger charge is -2.32. The second-order valence-corrected chi connectivity index (χ2v) is 4.54. The molecule has 74 valence electrons. The van der Waals surface area contributed by atoms with Crippen LogP contribution in [0.15, 0.2) is 0 Å². The third kappa shape index (κ3) is 3.65. The molecule has 2 N–H and O–H groups in total. The van der Waals surface area contributed by atoms with Crippen LogP contribution in [0, 0.1) is 5.92 Å². The molecule has 0 rings (SSSR count). The average Bonchev–Trinajstić information content (AvgIpc) is 1.99. The number of nitrogens with one attached hydrogen (secondary N) is 1. The maximum atomic E-state index is 10.6. The molecule has 0 aromatic carbocycles. The Labute approximate surface area is 77.2 Å². The maximum absolute atomic E-state index is 10.6. The molecule has 0 aromatic rings. The molecule has 0 radical (unpaired) electrons. The van der Waals surface area contributed by atoms with E-state index in [4.69, 9.17) is 4.55 Å². The van der Waals surface area contributed by atoms with Gasteiger partial charge in [-0.25, -0.2) is 4.21 Å². The van der Waals surface area contributed by atoms with E-state index < -0.39 is 11.1 Å². The summed E-state index contributed by atoms with van der Waals surface area (Å²) >= 11 is -1.68. The van der Waals surface area contributed by atoms with Gasteiger partial charge in [0.25, 0.3) is 0 Å². The van der Waals surface area contributed by atoms with Crippen molar-refractivity contribution in [2.24, 2.45) is 5.92 Å². The topological polar surface area (TPSA) is 49.3 Å².